The van der Waals surface area contributed by atoms with Gasteiger partial charge in [0.25, 0.3) is 11.8 Å². The number of nitrogens with one attached hydrogen (secondary N) is 2. The first-order valence-electron chi connectivity index (χ1n) is 11.0. The zero-order valence-corrected chi connectivity index (χ0v) is 20.6. The highest BCUT2D eigenvalue weighted by Gasteiger charge is 2.22. The van der Waals surface area contributed by atoms with Crippen molar-refractivity contribution in [2.75, 3.05) is 19.6 Å². The SMILES string of the molecule is CCN(CC)S(=O)(=O)c1ccc(C(=O)NCC(=O)OC(C)C(=O)NCc2ccc(C)cc2)cc1. The topological polar surface area (TPSA) is 122 Å². The number of hydrogen-bond donors (Lipinski definition) is 2. The molecular weight excluding hydrogens is 458 g/mol. The van der Waals surface area contributed by atoms with Crippen LogP contribution in [0, 0.1) is 6.92 Å². The highest BCUT2D eigenvalue weighted by Crippen LogP contribution is 2.16. The third-order valence-electron chi connectivity index (χ3n) is 5.12. The normalized spacial score (nSPS) is 12.1. The van der Waals surface area contributed by atoms with Gasteiger partial charge in [-0.2, -0.15) is 4.31 Å². The van der Waals surface area contributed by atoms with Gasteiger partial charge in [-0.05, 0) is 43.7 Å². The van der Waals surface area contributed by atoms with Gasteiger partial charge >= 0.3 is 5.97 Å². The molecule has 0 spiro atoms. The standard InChI is InChI=1S/C24H31N3O6S/c1-5-27(6-2)34(31,32)21-13-11-20(12-14-21)24(30)26-16-22(28)33-18(4)23(29)25-15-19-9-7-17(3)8-10-19/h7-14,18H,5-6,15-16H2,1-4H3,(H,25,29)(H,26,30). The first kappa shape index (κ1) is 27.0. The Bertz CT molecular complexity index is 1090. The lowest BCUT2D eigenvalue weighted by molar-refractivity contribution is -0.153. The fourth-order valence-electron chi connectivity index (χ4n) is 3.08. The Kier molecular flexibility index (Phi) is 9.76. The number of ether oxygens (including phenoxy) is 1. The molecule has 184 valence electrons. The van der Waals surface area contributed by atoms with E-state index in [0.717, 1.165) is 11.1 Å². The van der Waals surface area contributed by atoms with Gasteiger partial charge in [0.1, 0.15) is 6.54 Å². The van der Waals surface area contributed by atoms with Crippen LogP contribution in [0.3, 0.4) is 0 Å². The Labute approximate surface area is 200 Å². The third-order valence-corrected chi connectivity index (χ3v) is 7.18. The van der Waals surface area contributed by atoms with Gasteiger partial charge in [-0.1, -0.05) is 43.7 Å². The minimum Gasteiger partial charge on any atom is -0.451 e. The molecule has 1 unspecified atom stereocenters. The van der Waals surface area contributed by atoms with Gasteiger partial charge in [0.15, 0.2) is 6.10 Å². The average molecular weight is 490 g/mol. The zero-order chi connectivity index (χ0) is 25.3. The van der Waals surface area contributed by atoms with Crippen LogP contribution in [0.2, 0.25) is 0 Å². The predicted molar refractivity (Wildman–Crippen MR) is 127 cm³/mol. The molecule has 0 aliphatic rings. The van der Waals surface area contributed by atoms with E-state index < -0.39 is 40.5 Å². The summed E-state index contributed by atoms with van der Waals surface area (Å²) in [6.45, 7) is 7.45. The van der Waals surface area contributed by atoms with E-state index in [1.165, 1.54) is 35.5 Å². The summed E-state index contributed by atoms with van der Waals surface area (Å²) in [4.78, 5) is 36.6. The van der Waals surface area contributed by atoms with Crippen LogP contribution in [-0.2, 0) is 30.9 Å². The lowest BCUT2D eigenvalue weighted by atomic mass is 10.1. The Morgan fingerprint density at radius 1 is 0.941 bits per heavy atom. The second-order valence-electron chi connectivity index (χ2n) is 7.63. The number of amides is 2. The second kappa shape index (κ2) is 12.3. The molecule has 0 aliphatic heterocycles. The minimum atomic E-state index is -3.63. The molecule has 10 heteroatoms. The molecular formula is C24H31N3O6S. The maximum atomic E-state index is 12.5. The summed E-state index contributed by atoms with van der Waals surface area (Å²) in [5, 5.41) is 5.10. The maximum Gasteiger partial charge on any atom is 0.326 e. The number of esters is 1. The smallest absolute Gasteiger partial charge is 0.326 e. The zero-order valence-electron chi connectivity index (χ0n) is 19.8. The van der Waals surface area contributed by atoms with Gasteiger partial charge in [-0.3, -0.25) is 14.4 Å². The highest BCUT2D eigenvalue weighted by molar-refractivity contribution is 7.89. The summed E-state index contributed by atoms with van der Waals surface area (Å²) in [6.07, 6.45) is -1.03. The molecule has 9 nitrogen and oxygen atoms in total. The molecule has 1 atom stereocenters. The number of carbonyl (C=O) groups excluding carboxylic acids is 3. The Balaban J connectivity index is 1.83. The largest absolute Gasteiger partial charge is 0.451 e. The van der Waals surface area contributed by atoms with Crippen molar-refractivity contribution in [3.05, 3.63) is 65.2 Å². The van der Waals surface area contributed by atoms with Crippen molar-refractivity contribution in [1.82, 2.24) is 14.9 Å². The van der Waals surface area contributed by atoms with Crippen LogP contribution in [0.25, 0.3) is 0 Å². The first-order valence-corrected chi connectivity index (χ1v) is 12.4. The van der Waals surface area contributed by atoms with Crippen molar-refractivity contribution in [3.8, 4) is 0 Å². The Hall–Kier alpha value is -3.24. The Morgan fingerprint density at radius 2 is 1.53 bits per heavy atom. The van der Waals surface area contributed by atoms with Gasteiger partial charge in [-0.25, -0.2) is 8.42 Å². The van der Waals surface area contributed by atoms with E-state index in [0.29, 0.717) is 19.6 Å². The monoisotopic (exact) mass is 489 g/mol. The maximum absolute atomic E-state index is 12.5. The molecule has 2 aromatic rings. The molecule has 0 saturated carbocycles. The quantitative estimate of drug-likeness (QED) is 0.466. The fourth-order valence-corrected chi connectivity index (χ4v) is 4.53. The van der Waals surface area contributed by atoms with Crippen LogP contribution in [-0.4, -0.2) is 56.2 Å². The highest BCUT2D eigenvalue weighted by atomic mass is 32.2. The minimum absolute atomic E-state index is 0.0811. The molecule has 2 N–H and O–H groups in total. The summed E-state index contributed by atoms with van der Waals surface area (Å²) < 4.78 is 31.4. The van der Waals surface area contributed by atoms with Crippen molar-refractivity contribution in [3.63, 3.8) is 0 Å². The van der Waals surface area contributed by atoms with Crippen LogP contribution in [0.1, 0.15) is 42.3 Å². The number of nitrogens with zero attached hydrogens (tertiary/aromatic N) is 1. The lowest BCUT2D eigenvalue weighted by Gasteiger charge is -2.18. The fraction of sp³-hybridized carbons (Fsp3) is 0.375. The van der Waals surface area contributed by atoms with Crippen LogP contribution in [0.15, 0.2) is 53.4 Å². The summed E-state index contributed by atoms with van der Waals surface area (Å²) in [5.74, 6) is -1.79. The van der Waals surface area contributed by atoms with E-state index in [9.17, 15) is 22.8 Å². The van der Waals surface area contributed by atoms with Gasteiger partial charge in [-0.15, -0.1) is 0 Å². The summed E-state index contributed by atoms with van der Waals surface area (Å²) in [5.41, 5.74) is 2.22. The van der Waals surface area contributed by atoms with Gasteiger partial charge in [0.2, 0.25) is 10.0 Å². The summed E-state index contributed by atoms with van der Waals surface area (Å²) in [7, 11) is -3.63. The third kappa shape index (κ3) is 7.39. The predicted octanol–water partition coefficient (Wildman–Crippen LogP) is 2.00. The second-order valence-corrected chi connectivity index (χ2v) is 9.57. The molecule has 0 fully saturated rings. The molecule has 0 radical (unpaired) electrons. The molecule has 2 rings (SSSR count). The molecule has 2 aromatic carbocycles. The van der Waals surface area contributed by atoms with Gasteiger partial charge < -0.3 is 15.4 Å². The Morgan fingerprint density at radius 3 is 2.09 bits per heavy atom. The van der Waals surface area contributed by atoms with Gasteiger partial charge in [0, 0.05) is 25.2 Å². The number of benzene rings is 2. The number of sulfonamides is 1. The molecule has 0 bridgehead atoms. The van der Waals surface area contributed by atoms with Gasteiger partial charge in [0.05, 0.1) is 4.90 Å². The molecule has 34 heavy (non-hydrogen) atoms. The molecule has 2 amide bonds. The van der Waals surface area contributed by atoms with E-state index in [-0.39, 0.29) is 10.5 Å². The first-order chi connectivity index (χ1) is 16.1. The van der Waals surface area contributed by atoms with Crippen LogP contribution < -0.4 is 10.6 Å². The van der Waals surface area contributed by atoms with Crippen molar-refractivity contribution < 1.29 is 27.5 Å². The van der Waals surface area contributed by atoms with E-state index >= 15 is 0 Å². The summed E-state index contributed by atoms with van der Waals surface area (Å²) >= 11 is 0. The number of hydrogen-bond acceptors (Lipinski definition) is 6. The number of carbonyl (C=O) groups is 3. The van der Waals surface area contributed by atoms with E-state index in [2.05, 4.69) is 10.6 Å². The van der Waals surface area contributed by atoms with Crippen molar-refractivity contribution in [1.29, 1.82) is 0 Å². The number of rotatable bonds is 11. The molecule has 0 aliphatic carbocycles. The molecule has 0 aromatic heterocycles. The molecule has 0 saturated heterocycles. The lowest BCUT2D eigenvalue weighted by Crippen LogP contribution is -2.38. The molecule has 0 heterocycles. The van der Waals surface area contributed by atoms with Crippen LogP contribution in [0.4, 0.5) is 0 Å². The van der Waals surface area contributed by atoms with E-state index in [1.54, 1.807) is 13.8 Å². The van der Waals surface area contributed by atoms with Crippen molar-refractivity contribution in [2.45, 2.75) is 45.2 Å². The summed E-state index contributed by atoms with van der Waals surface area (Å²) in [6, 6.07) is 13.1. The van der Waals surface area contributed by atoms with Crippen molar-refractivity contribution >= 4 is 27.8 Å². The van der Waals surface area contributed by atoms with E-state index in [4.69, 9.17) is 4.74 Å². The van der Waals surface area contributed by atoms with Crippen LogP contribution >= 0.6 is 0 Å². The van der Waals surface area contributed by atoms with Crippen LogP contribution in [0.5, 0.6) is 0 Å². The number of aryl methyl sites for hydroxylation is 1. The van der Waals surface area contributed by atoms with E-state index in [1.807, 2.05) is 31.2 Å². The average Bonchev–Trinajstić information content (AvgIpc) is 2.82. The van der Waals surface area contributed by atoms with Crippen molar-refractivity contribution in [2.24, 2.45) is 0 Å².